The van der Waals surface area contributed by atoms with Gasteiger partial charge in [-0.15, -0.1) is 6.42 Å². The number of hydrogen-bond donors (Lipinski definition) is 2. The zero-order chi connectivity index (χ0) is 18.0. The molecule has 25 heavy (non-hydrogen) atoms. The lowest BCUT2D eigenvalue weighted by molar-refractivity contribution is -0.142. The Kier molecular flexibility index (Phi) is 4.10. The minimum atomic E-state index is -0.856. The standard InChI is InChI=1S/C23H36O2/c1-5-23(25)13-12-21(3)16(14-23)6-7-17-19-9-8-18(15(2)24)22(19,4)11-10-20(17)21/h1,15-20,24-25H,6-14H2,2-4H3/t15-,16+,17?,18+,19?,20?,21-,22+,23-/m0/s1. The van der Waals surface area contributed by atoms with Crippen LogP contribution in [0.15, 0.2) is 0 Å². The van der Waals surface area contributed by atoms with E-state index in [0.29, 0.717) is 22.7 Å². The zero-order valence-corrected chi connectivity index (χ0v) is 16.3. The lowest BCUT2D eigenvalue weighted by atomic mass is 9.44. The van der Waals surface area contributed by atoms with Gasteiger partial charge in [0.1, 0.15) is 5.60 Å². The number of aliphatic hydroxyl groups is 2. The molecule has 4 rings (SSSR count). The molecule has 3 unspecified atom stereocenters. The lowest BCUT2D eigenvalue weighted by Gasteiger charge is -2.61. The summed E-state index contributed by atoms with van der Waals surface area (Å²) in [5.41, 5.74) is -0.159. The number of fused-ring (bicyclic) bond motifs is 5. The van der Waals surface area contributed by atoms with Gasteiger partial charge in [0.15, 0.2) is 0 Å². The SMILES string of the molecule is C#C[C@]1(O)CC[C@]2(C)C3CC[C@@]4(C)C(CC[C@@H]4[C@H](C)O)C3CC[C@@H]2C1. The van der Waals surface area contributed by atoms with Crippen LogP contribution in [-0.4, -0.2) is 21.9 Å². The van der Waals surface area contributed by atoms with Crippen molar-refractivity contribution >= 4 is 0 Å². The second kappa shape index (κ2) is 5.74. The molecule has 0 spiro atoms. The molecule has 2 heteroatoms. The number of rotatable bonds is 1. The van der Waals surface area contributed by atoms with Crippen molar-refractivity contribution in [3.63, 3.8) is 0 Å². The quantitative estimate of drug-likeness (QED) is 0.693. The molecule has 4 aliphatic rings. The van der Waals surface area contributed by atoms with Crippen LogP contribution in [0.2, 0.25) is 0 Å². The Morgan fingerprint density at radius 2 is 1.68 bits per heavy atom. The summed E-state index contributed by atoms with van der Waals surface area (Å²) in [6.45, 7) is 6.99. The molecule has 0 radical (unpaired) electrons. The van der Waals surface area contributed by atoms with Crippen LogP contribution in [0.3, 0.4) is 0 Å². The highest BCUT2D eigenvalue weighted by atomic mass is 16.3. The molecule has 140 valence electrons. The van der Waals surface area contributed by atoms with Gasteiger partial charge < -0.3 is 10.2 Å². The highest BCUT2D eigenvalue weighted by molar-refractivity contribution is 5.16. The molecule has 9 atom stereocenters. The third-order valence-electron chi connectivity index (χ3n) is 9.65. The molecule has 0 aliphatic heterocycles. The summed E-state index contributed by atoms with van der Waals surface area (Å²) in [6.07, 6.45) is 15.8. The van der Waals surface area contributed by atoms with E-state index in [2.05, 4.69) is 19.8 Å². The van der Waals surface area contributed by atoms with Gasteiger partial charge in [-0.25, -0.2) is 0 Å². The van der Waals surface area contributed by atoms with Crippen molar-refractivity contribution in [1.82, 2.24) is 0 Å². The van der Waals surface area contributed by atoms with E-state index in [1.807, 2.05) is 6.92 Å². The van der Waals surface area contributed by atoms with Gasteiger partial charge in [-0.1, -0.05) is 19.8 Å². The topological polar surface area (TPSA) is 40.5 Å². The highest BCUT2D eigenvalue weighted by Gasteiger charge is 2.61. The monoisotopic (exact) mass is 344 g/mol. The number of aliphatic hydroxyl groups excluding tert-OH is 1. The van der Waals surface area contributed by atoms with E-state index in [-0.39, 0.29) is 6.10 Å². The second-order valence-electron chi connectivity index (χ2n) is 10.5. The van der Waals surface area contributed by atoms with Crippen LogP contribution in [-0.2, 0) is 0 Å². The molecule has 0 aromatic carbocycles. The third kappa shape index (κ3) is 2.45. The predicted molar refractivity (Wildman–Crippen MR) is 101 cm³/mol. The zero-order valence-electron chi connectivity index (χ0n) is 16.3. The van der Waals surface area contributed by atoms with E-state index in [4.69, 9.17) is 6.42 Å². The second-order valence-corrected chi connectivity index (χ2v) is 10.5. The fourth-order valence-corrected chi connectivity index (χ4v) is 8.21. The van der Waals surface area contributed by atoms with Gasteiger partial charge in [-0.2, -0.15) is 0 Å². The first-order valence-electron chi connectivity index (χ1n) is 10.6. The average molecular weight is 345 g/mol. The molecular formula is C23H36O2. The molecule has 0 heterocycles. The van der Waals surface area contributed by atoms with Gasteiger partial charge in [0.05, 0.1) is 6.10 Å². The van der Waals surface area contributed by atoms with E-state index < -0.39 is 5.60 Å². The first-order valence-corrected chi connectivity index (χ1v) is 10.6. The van der Waals surface area contributed by atoms with Gasteiger partial charge >= 0.3 is 0 Å². The summed E-state index contributed by atoms with van der Waals surface area (Å²) in [6, 6.07) is 0. The Balaban J connectivity index is 1.59. The largest absolute Gasteiger partial charge is 0.393 e. The molecule has 4 saturated carbocycles. The van der Waals surface area contributed by atoms with Crippen LogP contribution >= 0.6 is 0 Å². The maximum absolute atomic E-state index is 10.7. The molecule has 2 N–H and O–H groups in total. The summed E-state index contributed by atoms with van der Waals surface area (Å²) in [4.78, 5) is 0. The molecule has 4 fully saturated rings. The molecule has 0 aromatic rings. The fraction of sp³-hybridized carbons (Fsp3) is 0.913. The predicted octanol–water partition coefficient (Wildman–Crippen LogP) is 4.39. The molecule has 4 aliphatic carbocycles. The molecule has 0 amide bonds. The Labute approximate surface area is 153 Å². The van der Waals surface area contributed by atoms with Crippen LogP contribution in [0.25, 0.3) is 0 Å². The normalized spacial score (nSPS) is 56.2. The molecule has 0 aromatic heterocycles. The smallest absolute Gasteiger partial charge is 0.125 e. The highest BCUT2D eigenvalue weighted by Crippen LogP contribution is 2.68. The molecular weight excluding hydrogens is 308 g/mol. The Morgan fingerprint density at radius 1 is 0.960 bits per heavy atom. The van der Waals surface area contributed by atoms with Crippen molar-refractivity contribution in [2.75, 3.05) is 0 Å². The average Bonchev–Trinajstić information content (AvgIpc) is 2.93. The van der Waals surface area contributed by atoms with Crippen molar-refractivity contribution < 1.29 is 10.2 Å². The first-order chi connectivity index (χ1) is 11.7. The van der Waals surface area contributed by atoms with Crippen molar-refractivity contribution in [1.29, 1.82) is 0 Å². The van der Waals surface area contributed by atoms with Gasteiger partial charge in [0.2, 0.25) is 0 Å². The van der Waals surface area contributed by atoms with Crippen LogP contribution in [0.1, 0.15) is 78.6 Å². The summed E-state index contributed by atoms with van der Waals surface area (Å²) >= 11 is 0. The van der Waals surface area contributed by atoms with E-state index in [1.54, 1.807) is 0 Å². The summed E-state index contributed by atoms with van der Waals surface area (Å²) < 4.78 is 0. The Bertz CT molecular complexity index is 577. The van der Waals surface area contributed by atoms with E-state index >= 15 is 0 Å². The first kappa shape index (κ1) is 17.9. The van der Waals surface area contributed by atoms with Gasteiger partial charge in [0, 0.05) is 0 Å². The fourth-order valence-electron chi connectivity index (χ4n) is 8.21. The molecule has 0 saturated heterocycles. The molecule has 2 nitrogen and oxygen atoms in total. The Morgan fingerprint density at radius 3 is 2.36 bits per heavy atom. The van der Waals surface area contributed by atoms with Crippen LogP contribution < -0.4 is 0 Å². The maximum atomic E-state index is 10.7. The van der Waals surface area contributed by atoms with E-state index in [1.165, 1.54) is 38.5 Å². The Hall–Kier alpha value is -0.520. The van der Waals surface area contributed by atoms with Gasteiger partial charge in [-0.3, -0.25) is 0 Å². The van der Waals surface area contributed by atoms with Gasteiger partial charge in [0.25, 0.3) is 0 Å². The van der Waals surface area contributed by atoms with Crippen molar-refractivity contribution in [3.8, 4) is 12.3 Å². The van der Waals surface area contributed by atoms with Crippen molar-refractivity contribution in [2.24, 2.45) is 40.4 Å². The third-order valence-corrected chi connectivity index (χ3v) is 9.65. The van der Waals surface area contributed by atoms with Crippen LogP contribution in [0.5, 0.6) is 0 Å². The molecule has 0 bridgehead atoms. The van der Waals surface area contributed by atoms with Crippen molar-refractivity contribution in [3.05, 3.63) is 0 Å². The van der Waals surface area contributed by atoms with E-state index in [0.717, 1.165) is 37.0 Å². The minimum absolute atomic E-state index is 0.168. The van der Waals surface area contributed by atoms with Crippen LogP contribution in [0.4, 0.5) is 0 Å². The maximum Gasteiger partial charge on any atom is 0.125 e. The van der Waals surface area contributed by atoms with Crippen LogP contribution in [0, 0.1) is 52.8 Å². The summed E-state index contributed by atoms with van der Waals surface area (Å²) in [7, 11) is 0. The van der Waals surface area contributed by atoms with Crippen molar-refractivity contribution in [2.45, 2.75) is 90.3 Å². The number of hydrogen-bond acceptors (Lipinski definition) is 2. The summed E-state index contributed by atoms with van der Waals surface area (Å²) in [5.74, 6) is 6.16. The minimum Gasteiger partial charge on any atom is -0.393 e. The summed E-state index contributed by atoms with van der Waals surface area (Å²) in [5, 5.41) is 21.0. The van der Waals surface area contributed by atoms with Gasteiger partial charge in [-0.05, 0) is 105 Å². The lowest BCUT2D eigenvalue weighted by Crippen LogP contribution is -2.56. The number of terminal acetylenes is 1. The van der Waals surface area contributed by atoms with E-state index in [9.17, 15) is 10.2 Å².